The molecule has 2 amide bonds. The van der Waals surface area contributed by atoms with Crippen molar-refractivity contribution < 1.29 is 23.9 Å². The molecule has 0 aliphatic carbocycles. The van der Waals surface area contributed by atoms with Crippen molar-refractivity contribution in [3.63, 3.8) is 0 Å². The molecule has 1 heterocycles. The molecule has 0 saturated carbocycles. The maximum absolute atomic E-state index is 13.4. The maximum atomic E-state index is 13.4. The lowest BCUT2D eigenvalue weighted by molar-refractivity contribution is -0.186. The number of hydrogen-bond donors (Lipinski definition) is 2. The second kappa shape index (κ2) is 14.5. The second-order valence-corrected chi connectivity index (χ2v) is 10.6. The van der Waals surface area contributed by atoms with Crippen LogP contribution in [0.1, 0.15) is 40.7 Å². The fraction of sp³-hybridized carbons (Fsp3) is 0.257. The number of carbonyl (C=O) groups is 2. The summed E-state index contributed by atoms with van der Waals surface area (Å²) < 4.78 is 11.7. The van der Waals surface area contributed by atoms with Crippen LogP contribution in [0, 0.1) is 0 Å². The largest absolute Gasteiger partial charge is 0.488 e. The van der Waals surface area contributed by atoms with E-state index in [1.54, 1.807) is 30.3 Å². The Morgan fingerprint density at radius 1 is 0.930 bits per heavy atom. The Morgan fingerprint density at radius 3 is 2.44 bits per heavy atom. The minimum absolute atomic E-state index is 0.0663. The van der Waals surface area contributed by atoms with Crippen molar-refractivity contribution in [2.75, 3.05) is 32.2 Å². The van der Waals surface area contributed by atoms with Crippen LogP contribution in [0.2, 0.25) is 0 Å². The van der Waals surface area contributed by atoms with Gasteiger partial charge in [-0.05, 0) is 65.8 Å². The predicted octanol–water partition coefficient (Wildman–Crippen LogP) is 5.87. The minimum atomic E-state index is -0.423. The number of rotatable bonds is 11. The van der Waals surface area contributed by atoms with Crippen LogP contribution in [0.25, 0.3) is 16.8 Å². The summed E-state index contributed by atoms with van der Waals surface area (Å²) in [7, 11) is 3.98. The summed E-state index contributed by atoms with van der Waals surface area (Å²) in [5.74, 6) is 0.104. The number of anilines is 1. The van der Waals surface area contributed by atoms with E-state index in [-0.39, 0.29) is 18.4 Å². The van der Waals surface area contributed by atoms with Gasteiger partial charge in [-0.25, -0.2) is 10.3 Å². The Bertz CT molecular complexity index is 1550. The van der Waals surface area contributed by atoms with E-state index in [1.807, 2.05) is 85.7 Å². The molecule has 4 aromatic carbocycles. The highest BCUT2D eigenvalue weighted by Gasteiger charge is 2.17. The maximum Gasteiger partial charge on any atom is 0.274 e. The predicted molar refractivity (Wildman–Crippen MR) is 169 cm³/mol. The molecule has 0 bridgehead atoms. The molecule has 1 unspecified atom stereocenters. The highest BCUT2D eigenvalue weighted by Crippen LogP contribution is 2.26. The first-order chi connectivity index (χ1) is 21.0. The van der Waals surface area contributed by atoms with Gasteiger partial charge in [0.2, 0.25) is 0 Å². The first kappa shape index (κ1) is 29.8. The average Bonchev–Trinajstić information content (AvgIpc) is 3.05. The summed E-state index contributed by atoms with van der Waals surface area (Å²) >= 11 is 0. The Kier molecular flexibility index (Phi) is 10.0. The zero-order valence-corrected chi connectivity index (χ0v) is 24.5. The van der Waals surface area contributed by atoms with Crippen molar-refractivity contribution in [2.24, 2.45) is 0 Å². The van der Waals surface area contributed by atoms with Gasteiger partial charge in [0, 0.05) is 50.3 Å². The van der Waals surface area contributed by atoms with E-state index < -0.39 is 6.29 Å². The summed E-state index contributed by atoms with van der Waals surface area (Å²) in [6, 6.07) is 28.8. The molecule has 43 heavy (non-hydrogen) atoms. The summed E-state index contributed by atoms with van der Waals surface area (Å²) in [6.45, 7) is 1.07. The number of hydroxylamine groups is 1. The van der Waals surface area contributed by atoms with E-state index in [1.165, 1.54) is 0 Å². The van der Waals surface area contributed by atoms with E-state index in [2.05, 4.69) is 10.8 Å². The van der Waals surface area contributed by atoms with Crippen molar-refractivity contribution in [3.05, 3.63) is 113 Å². The van der Waals surface area contributed by atoms with Crippen molar-refractivity contribution in [3.8, 4) is 5.75 Å². The standard InChI is InChI=1S/C35H37N3O5/c1-38(2)30-19-15-26(16-20-30)23-36-34(39)29(24-42-32-11-7-9-27-8-3-4-10-31(27)32)22-25-13-17-28(18-14-25)35(40)37-43-33-12-5-6-21-41-33/h3-4,7-11,13-20,22,33H,5-6,12,21,23-24H2,1-2H3,(H,36,39)(H,37,40)/b29-22+. The number of nitrogens with zero attached hydrogens (tertiary/aromatic N) is 1. The molecular weight excluding hydrogens is 542 g/mol. The molecule has 1 saturated heterocycles. The molecule has 0 aromatic heterocycles. The van der Waals surface area contributed by atoms with E-state index in [4.69, 9.17) is 14.3 Å². The monoisotopic (exact) mass is 579 g/mol. The number of fused-ring (bicyclic) bond motifs is 1. The summed E-state index contributed by atoms with van der Waals surface area (Å²) in [6.07, 6.45) is 4.11. The van der Waals surface area contributed by atoms with Gasteiger partial charge >= 0.3 is 0 Å². The summed E-state index contributed by atoms with van der Waals surface area (Å²) in [4.78, 5) is 33.4. The van der Waals surface area contributed by atoms with Gasteiger partial charge in [0.05, 0.1) is 5.57 Å². The van der Waals surface area contributed by atoms with Gasteiger partial charge in [0.15, 0.2) is 6.29 Å². The van der Waals surface area contributed by atoms with Gasteiger partial charge < -0.3 is 19.7 Å². The van der Waals surface area contributed by atoms with Gasteiger partial charge in [0.1, 0.15) is 12.4 Å². The summed E-state index contributed by atoms with van der Waals surface area (Å²) in [5.41, 5.74) is 6.20. The zero-order chi connectivity index (χ0) is 30.0. The molecule has 8 nitrogen and oxygen atoms in total. The van der Waals surface area contributed by atoms with E-state index >= 15 is 0 Å². The van der Waals surface area contributed by atoms with Crippen LogP contribution in [0.3, 0.4) is 0 Å². The molecule has 1 aliphatic rings. The number of amides is 2. The number of hydrogen-bond acceptors (Lipinski definition) is 6. The van der Waals surface area contributed by atoms with Crippen LogP contribution in [0.4, 0.5) is 5.69 Å². The molecule has 2 N–H and O–H groups in total. The zero-order valence-electron chi connectivity index (χ0n) is 24.5. The number of nitrogens with one attached hydrogen (secondary N) is 2. The van der Waals surface area contributed by atoms with Crippen molar-refractivity contribution >= 4 is 34.4 Å². The first-order valence-electron chi connectivity index (χ1n) is 14.5. The molecule has 1 atom stereocenters. The van der Waals surface area contributed by atoms with Gasteiger partial charge in [0.25, 0.3) is 11.8 Å². The third kappa shape index (κ3) is 8.22. The Balaban J connectivity index is 1.29. The quantitative estimate of drug-likeness (QED) is 0.171. The molecule has 0 radical (unpaired) electrons. The van der Waals surface area contributed by atoms with Crippen molar-refractivity contribution in [1.29, 1.82) is 0 Å². The fourth-order valence-electron chi connectivity index (χ4n) is 4.77. The highest BCUT2D eigenvalue weighted by molar-refractivity contribution is 5.99. The first-order valence-corrected chi connectivity index (χ1v) is 14.5. The molecular formula is C35H37N3O5. The molecule has 222 valence electrons. The molecule has 1 aliphatic heterocycles. The molecule has 8 heteroatoms. The van der Waals surface area contributed by atoms with E-state index in [9.17, 15) is 9.59 Å². The van der Waals surface area contributed by atoms with Crippen LogP contribution >= 0.6 is 0 Å². The van der Waals surface area contributed by atoms with Crippen LogP contribution in [-0.4, -0.2) is 45.4 Å². The van der Waals surface area contributed by atoms with Crippen LogP contribution < -0.4 is 20.4 Å². The Labute approximate surface area is 252 Å². The highest BCUT2D eigenvalue weighted by atomic mass is 16.8. The number of carbonyl (C=O) groups excluding carboxylic acids is 2. The lowest BCUT2D eigenvalue weighted by Crippen LogP contribution is -2.33. The van der Waals surface area contributed by atoms with Gasteiger partial charge in [-0.15, -0.1) is 0 Å². The minimum Gasteiger partial charge on any atom is -0.488 e. The van der Waals surface area contributed by atoms with Crippen LogP contribution in [0.15, 0.2) is 96.6 Å². The second-order valence-electron chi connectivity index (χ2n) is 10.6. The van der Waals surface area contributed by atoms with Crippen molar-refractivity contribution in [1.82, 2.24) is 10.8 Å². The lowest BCUT2D eigenvalue weighted by atomic mass is 10.1. The van der Waals surface area contributed by atoms with Gasteiger partial charge in [-0.3, -0.25) is 9.59 Å². The molecule has 1 fully saturated rings. The van der Waals surface area contributed by atoms with Gasteiger partial charge in [-0.1, -0.05) is 60.7 Å². The molecule has 5 rings (SSSR count). The summed E-state index contributed by atoms with van der Waals surface area (Å²) in [5, 5.41) is 5.06. The van der Waals surface area contributed by atoms with Crippen molar-refractivity contribution in [2.45, 2.75) is 32.1 Å². The topological polar surface area (TPSA) is 89.1 Å². The number of ether oxygens (including phenoxy) is 2. The van der Waals surface area contributed by atoms with Crippen LogP contribution in [-0.2, 0) is 20.9 Å². The third-order valence-corrected chi connectivity index (χ3v) is 7.27. The van der Waals surface area contributed by atoms with E-state index in [0.717, 1.165) is 46.8 Å². The lowest BCUT2D eigenvalue weighted by Gasteiger charge is -2.22. The fourth-order valence-corrected chi connectivity index (χ4v) is 4.77. The normalized spacial score (nSPS) is 15.1. The smallest absolute Gasteiger partial charge is 0.274 e. The third-order valence-electron chi connectivity index (χ3n) is 7.27. The molecule has 0 spiro atoms. The SMILES string of the molecule is CN(C)c1ccc(CNC(=O)/C(=C/c2ccc(C(=O)NOC3CCCCO3)cc2)COc2cccc3ccccc23)cc1. The Morgan fingerprint density at radius 2 is 1.70 bits per heavy atom. The van der Waals surface area contributed by atoms with Gasteiger partial charge in [-0.2, -0.15) is 0 Å². The van der Waals surface area contributed by atoms with E-state index in [0.29, 0.717) is 30.0 Å². The number of benzene rings is 4. The van der Waals surface area contributed by atoms with Crippen LogP contribution in [0.5, 0.6) is 5.75 Å². The average molecular weight is 580 g/mol. The molecule has 4 aromatic rings. The Hall–Kier alpha value is -4.66.